The standard InChI is InChI=1S/C43H45ClN2O3S/c1-8-45-35-21-14-30-25-27(3)13-19-33(30)39(35)42(4,5)37(45)23-16-28-11-10-12-29(41(28)44)17-24-38-43(6,7)40-34-20-18-32(50(47,48)49)26-31(34)15-22-36(40)46(38)9-2/h13-26H,8-12H2,1-7H3/p+1. The summed E-state index contributed by atoms with van der Waals surface area (Å²) >= 11 is 7.23. The van der Waals surface area contributed by atoms with E-state index in [2.05, 4.69) is 119 Å². The van der Waals surface area contributed by atoms with Gasteiger partial charge in [0.05, 0.1) is 10.3 Å². The van der Waals surface area contributed by atoms with E-state index in [1.807, 2.05) is 12.1 Å². The average Bonchev–Trinajstić information content (AvgIpc) is 3.44. The summed E-state index contributed by atoms with van der Waals surface area (Å²) in [4.78, 5) is 2.24. The number of likely N-dealkylation sites (N-methyl/N-ethyl adjacent to an activating group) is 1. The summed E-state index contributed by atoms with van der Waals surface area (Å²) in [6.45, 7) is 17.3. The zero-order chi connectivity index (χ0) is 35.7. The number of hydrogen-bond acceptors (Lipinski definition) is 3. The van der Waals surface area contributed by atoms with Crippen LogP contribution in [0.15, 0.2) is 112 Å². The van der Waals surface area contributed by atoms with E-state index in [4.69, 9.17) is 11.6 Å². The number of nitrogens with zero attached hydrogens (tertiary/aromatic N) is 2. The van der Waals surface area contributed by atoms with Crippen molar-refractivity contribution in [3.63, 3.8) is 0 Å². The minimum absolute atomic E-state index is 0.0948. The van der Waals surface area contributed by atoms with Gasteiger partial charge in [0.25, 0.3) is 10.1 Å². The smallest absolute Gasteiger partial charge is 0.294 e. The van der Waals surface area contributed by atoms with Gasteiger partial charge in [-0.2, -0.15) is 13.0 Å². The molecule has 0 aromatic heterocycles. The molecule has 1 N–H and O–H groups in total. The van der Waals surface area contributed by atoms with Crippen LogP contribution in [0.4, 0.5) is 11.4 Å². The molecule has 2 aliphatic heterocycles. The summed E-state index contributed by atoms with van der Waals surface area (Å²) in [5, 5.41) is 5.21. The molecule has 0 radical (unpaired) electrons. The van der Waals surface area contributed by atoms with Crippen LogP contribution in [0.1, 0.15) is 77.5 Å². The third-order valence-electron chi connectivity index (χ3n) is 11.1. The molecule has 50 heavy (non-hydrogen) atoms. The second kappa shape index (κ2) is 12.4. The summed E-state index contributed by atoms with van der Waals surface area (Å²) in [6, 6.07) is 20.2. The highest BCUT2D eigenvalue weighted by Crippen LogP contribution is 2.51. The van der Waals surface area contributed by atoms with Crippen molar-refractivity contribution in [3.8, 4) is 0 Å². The number of rotatable bonds is 6. The quantitative estimate of drug-likeness (QED) is 0.160. The molecule has 5 nitrogen and oxygen atoms in total. The van der Waals surface area contributed by atoms with Crippen molar-refractivity contribution < 1.29 is 17.5 Å². The predicted octanol–water partition coefficient (Wildman–Crippen LogP) is 10.8. The van der Waals surface area contributed by atoms with E-state index in [0.29, 0.717) is 0 Å². The number of aryl methyl sites for hydroxylation is 1. The third kappa shape index (κ3) is 5.47. The molecule has 4 aromatic rings. The van der Waals surface area contributed by atoms with Crippen LogP contribution in [-0.4, -0.2) is 36.3 Å². The van der Waals surface area contributed by atoms with E-state index in [1.54, 1.807) is 6.07 Å². The summed E-state index contributed by atoms with van der Waals surface area (Å²) in [6.07, 6.45) is 11.9. The largest absolute Gasteiger partial charge is 0.344 e. The van der Waals surface area contributed by atoms with Crippen molar-refractivity contribution in [2.75, 3.05) is 18.0 Å². The lowest BCUT2D eigenvalue weighted by Gasteiger charge is -2.26. The molecule has 0 spiro atoms. The fraction of sp³-hybridized carbons (Fsp3) is 0.326. The van der Waals surface area contributed by atoms with Crippen molar-refractivity contribution in [1.82, 2.24) is 0 Å². The molecule has 0 unspecified atom stereocenters. The lowest BCUT2D eigenvalue weighted by molar-refractivity contribution is -0.433. The minimum Gasteiger partial charge on any atom is -0.344 e. The van der Waals surface area contributed by atoms with Crippen LogP contribution < -0.4 is 4.90 Å². The highest BCUT2D eigenvalue weighted by Gasteiger charge is 2.45. The van der Waals surface area contributed by atoms with E-state index < -0.39 is 10.1 Å². The Morgan fingerprint density at radius 3 is 2.28 bits per heavy atom. The molecule has 7 rings (SSSR count). The molecule has 0 fully saturated rings. The first-order valence-corrected chi connectivity index (χ1v) is 19.5. The van der Waals surface area contributed by atoms with Crippen LogP contribution in [0.2, 0.25) is 0 Å². The fourth-order valence-electron chi connectivity index (χ4n) is 8.69. The van der Waals surface area contributed by atoms with Crippen LogP contribution in [0.5, 0.6) is 0 Å². The number of allylic oxidation sites excluding steroid dienone is 8. The van der Waals surface area contributed by atoms with Crippen molar-refractivity contribution in [1.29, 1.82) is 0 Å². The molecule has 0 saturated heterocycles. The molecule has 0 bridgehead atoms. The van der Waals surface area contributed by atoms with Gasteiger partial charge >= 0.3 is 0 Å². The molecule has 0 amide bonds. The first kappa shape index (κ1) is 34.5. The average molecular weight is 706 g/mol. The van der Waals surface area contributed by atoms with Gasteiger partial charge < -0.3 is 4.90 Å². The molecular weight excluding hydrogens is 660 g/mol. The Morgan fingerprint density at radius 2 is 1.56 bits per heavy atom. The van der Waals surface area contributed by atoms with E-state index >= 15 is 0 Å². The Balaban J connectivity index is 1.24. The molecule has 0 saturated carbocycles. The summed E-state index contributed by atoms with van der Waals surface area (Å²) in [5.41, 5.74) is 10.5. The van der Waals surface area contributed by atoms with Crippen LogP contribution in [0, 0.1) is 6.92 Å². The zero-order valence-electron chi connectivity index (χ0n) is 30.1. The van der Waals surface area contributed by atoms with Crippen molar-refractivity contribution in [2.24, 2.45) is 0 Å². The molecule has 1 aliphatic carbocycles. The Morgan fingerprint density at radius 1 is 0.860 bits per heavy atom. The number of benzene rings is 4. The maximum absolute atomic E-state index is 11.8. The Hall–Kier alpha value is -3.97. The number of hydrogen-bond donors (Lipinski definition) is 1. The first-order chi connectivity index (χ1) is 23.7. The van der Waals surface area contributed by atoms with E-state index in [9.17, 15) is 13.0 Å². The summed E-state index contributed by atoms with van der Waals surface area (Å²) in [7, 11) is -4.29. The van der Waals surface area contributed by atoms with Gasteiger partial charge in [0, 0.05) is 46.1 Å². The second-order valence-electron chi connectivity index (χ2n) is 14.9. The van der Waals surface area contributed by atoms with E-state index in [-0.39, 0.29) is 15.7 Å². The summed E-state index contributed by atoms with van der Waals surface area (Å²) in [5.74, 6) is 0. The summed E-state index contributed by atoms with van der Waals surface area (Å²) < 4.78 is 35.8. The lowest BCUT2D eigenvalue weighted by Crippen LogP contribution is -2.27. The van der Waals surface area contributed by atoms with Gasteiger partial charge in [0.2, 0.25) is 5.69 Å². The molecule has 0 atom stereocenters. The van der Waals surface area contributed by atoms with Gasteiger partial charge in [-0.15, -0.1) is 0 Å². The minimum atomic E-state index is -4.29. The highest BCUT2D eigenvalue weighted by molar-refractivity contribution is 7.85. The topological polar surface area (TPSA) is 60.6 Å². The highest BCUT2D eigenvalue weighted by atomic mass is 35.5. The molecule has 4 aromatic carbocycles. The van der Waals surface area contributed by atoms with Gasteiger partial charge in [0.15, 0.2) is 5.71 Å². The van der Waals surface area contributed by atoms with Gasteiger partial charge in [-0.25, -0.2) is 0 Å². The van der Waals surface area contributed by atoms with Gasteiger partial charge in [0.1, 0.15) is 6.54 Å². The number of fused-ring (bicyclic) bond motifs is 6. The third-order valence-corrected chi connectivity index (χ3v) is 12.4. The van der Waals surface area contributed by atoms with Gasteiger partial charge in [-0.05, 0) is 122 Å². The Bertz CT molecular complexity index is 2370. The van der Waals surface area contributed by atoms with E-state index in [0.717, 1.165) is 65.0 Å². The fourth-order valence-corrected chi connectivity index (χ4v) is 9.52. The van der Waals surface area contributed by atoms with Crippen molar-refractivity contribution >= 4 is 60.4 Å². The van der Waals surface area contributed by atoms with Crippen LogP contribution in [-0.2, 0) is 20.9 Å². The van der Waals surface area contributed by atoms with Crippen molar-refractivity contribution in [3.05, 3.63) is 124 Å². The maximum Gasteiger partial charge on any atom is 0.294 e. The molecule has 7 heteroatoms. The van der Waals surface area contributed by atoms with Gasteiger partial charge in [-0.1, -0.05) is 73.5 Å². The van der Waals surface area contributed by atoms with Crippen molar-refractivity contribution in [2.45, 2.75) is 83.5 Å². The van der Waals surface area contributed by atoms with Gasteiger partial charge in [-0.3, -0.25) is 4.55 Å². The number of halogens is 1. The predicted molar refractivity (Wildman–Crippen MR) is 209 cm³/mol. The first-order valence-electron chi connectivity index (χ1n) is 17.7. The molecule has 2 heterocycles. The van der Waals surface area contributed by atoms with E-state index in [1.165, 1.54) is 50.6 Å². The molecular formula is C43H46ClN2O3S+. The molecule has 258 valence electrons. The lowest BCUT2D eigenvalue weighted by atomic mass is 9.78. The molecule has 3 aliphatic rings. The Labute approximate surface area is 301 Å². The van der Waals surface area contributed by atoms with Crippen LogP contribution in [0.3, 0.4) is 0 Å². The number of anilines is 1. The van der Waals surface area contributed by atoms with Crippen LogP contribution >= 0.6 is 11.6 Å². The second-order valence-corrected chi connectivity index (χ2v) is 16.7. The maximum atomic E-state index is 11.8. The normalized spacial score (nSPS) is 20.3. The Kier molecular flexibility index (Phi) is 8.53. The monoisotopic (exact) mass is 705 g/mol. The zero-order valence-corrected chi connectivity index (χ0v) is 31.6. The van der Waals surface area contributed by atoms with Crippen LogP contribution in [0.25, 0.3) is 21.5 Å². The SMILES string of the molecule is CCN1C(=CC=C2CCCC(C=CC3=[N+](CC)c4ccc5cc(C)ccc5c4C3(C)C)=C2Cl)C(C)(C)c2c1ccc1cc(S(=O)(=O)O)ccc21.